The summed E-state index contributed by atoms with van der Waals surface area (Å²) in [6.07, 6.45) is 0. The maximum Gasteiger partial charge on any atom is 0.263 e. The Kier molecular flexibility index (Phi) is 2.71. The standard InChI is InChI=1S/C11H12ClNO3S/c1-11(2,3)10-13-9-7(16-10)5-4-6-8(9)17(12,14)15/h4-6H,1-3H3. The van der Waals surface area contributed by atoms with E-state index in [0.717, 1.165) is 0 Å². The van der Waals surface area contributed by atoms with E-state index in [1.54, 1.807) is 12.1 Å². The van der Waals surface area contributed by atoms with E-state index >= 15 is 0 Å². The Bertz CT molecular complexity index is 668. The maximum atomic E-state index is 11.4. The molecule has 0 aliphatic rings. The average molecular weight is 274 g/mol. The van der Waals surface area contributed by atoms with Gasteiger partial charge < -0.3 is 4.42 Å². The first kappa shape index (κ1) is 12.4. The molecule has 0 saturated carbocycles. The van der Waals surface area contributed by atoms with E-state index in [1.807, 2.05) is 20.8 Å². The Morgan fingerprint density at radius 1 is 1.29 bits per heavy atom. The lowest BCUT2D eigenvalue weighted by atomic mass is 9.97. The first-order valence-electron chi connectivity index (χ1n) is 5.04. The second-order valence-corrected chi connectivity index (χ2v) is 7.34. The van der Waals surface area contributed by atoms with Crippen molar-refractivity contribution in [3.05, 3.63) is 24.1 Å². The number of rotatable bonds is 1. The predicted molar refractivity (Wildman–Crippen MR) is 65.7 cm³/mol. The van der Waals surface area contributed by atoms with Gasteiger partial charge in [-0.2, -0.15) is 0 Å². The molecule has 92 valence electrons. The van der Waals surface area contributed by atoms with Crippen LogP contribution >= 0.6 is 10.7 Å². The fraction of sp³-hybridized carbons (Fsp3) is 0.364. The van der Waals surface area contributed by atoms with Crippen molar-refractivity contribution in [2.45, 2.75) is 31.1 Å². The number of oxazole rings is 1. The van der Waals surface area contributed by atoms with Crippen LogP contribution < -0.4 is 0 Å². The van der Waals surface area contributed by atoms with E-state index in [2.05, 4.69) is 4.98 Å². The molecule has 0 fully saturated rings. The van der Waals surface area contributed by atoms with Gasteiger partial charge in [-0.3, -0.25) is 0 Å². The molecule has 0 amide bonds. The van der Waals surface area contributed by atoms with Crippen molar-refractivity contribution >= 4 is 30.8 Å². The van der Waals surface area contributed by atoms with Crippen LogP contribution in [-0.2, 0) is 14.5 Å². The van der Waals surface area contributed by atoms with Gasteiger partial charge in [0.1, 0.15) is 10.4 Å². The number of nitrogens with zero attached hydrogens (tertiary/aromatic N) is 1. The van der Waals surface area contributed by atoms with Gasteiger partial charge in [0.05, 0.1) is 0 Å². The molecule has 0 bridgehead atoms. The third-order valence-electron chi connectivity index (χ3n) is 2.29. The van der Waals surface area contributed by atoms with Crippen molar-refractivity contribution in [3.63, 3.8) is 0 Å². The van der Waals surface area contributed by atoms with E-state index in [4.69, 9.17) is 15.1 Å². The summed E-state index contributed by atoms with van der Waals surface area (Å²) in [7, 11) is 1.54. The number of hydrogen-bond acceptors (Lipinski definition) is 4. The number of benzene rings is 1. The number of para-hydroxylation sites is 1. The van der Waals surface area contributed by atoms with Crippen molar-refractivity contribution in [1.29, 1.82) is 0 Å². The van der Waals surface area contributed by atoms with E-state index in [0.29, 0.717) is 11.5 Å². The summed E-state index contributed by atoms with van der Waals surface area (Å²) >= 11 is 0. The third-order valence-corrected chi connectivity index (χ3v) is 3.64. The Balaban J connectivity index is 2.79. The molecule has 0 saturated heterocycles. The lowest BCUT2D eigenvalue weighted by molar-refractivity contribution is 0.411. The lowest BCUT2D eigenvalue weighted by Gasteiger charge is -2.11. The summed E-state index contributed by atoms with van der Waals surface area (Å²) in [5, 5.41) is 0. The summed E-state index contributed by atoms with van der Waals surface area (Å²) < 4.78 is 28.3. The number of aromatic nitrogens is 1. The van der Waals surface area contributed by atoms with Crippen LogP contribution in [0.25, 0.3) is 11.1 Å². The van der Waals surface area contributed by atoms with Crippen molar-refractivity contribution in [1.82, 2.24) is 4.98 Å². The van der Waals surface area contributed by atoms with Crippen LogP contribution in [0.1, 0.15) is 26.7 Å². The quantitative estimate of drug-likeness (QED) is 0.749. The smallest absolute Gasteiger partial charge is 0.263 e. The average Bonchev–Trinajstić information content (AvgIpc) is 2.57. The van der Waals surface area contributed by atoms with Crippen LogP contribution in [0.5, 0.6) is 0 Å². The van der Waals surface area contributed by atoms with Crippen molar-refractivity contribution in [2.24, 2.45) is 0 Å². The molecule has 1 aromatic carbocycles. The molecular formula is C11H12ClNO3S. The molecule has 17 heavy (non-hydrogen) atoms. The Morgan fingerprint density at radius 2 is 1.94 bits per heavy atom. The largest absolute Gasteiger partial charge is 0.440 e. The van der Waals surface area contributed by atoms with E-state index in [9.17, 15) is 8.42 Å². The van der Waals surface area contributed by atoms with Crippen LogP contribution in [-0.4, -0.2) is 13.4 Å². The minimum Gasteiger partial charge on any atom is -0.440 e. The summed E-state index contributed by atoms with van der Waals surface area (Å²) in [4.78, 5) is 4.20. The topological polar surface area (TPSA) is 60.2 Å². The van der Waals surface area contributed by atoms with E-state index in [1.165, 1.54) is 6.07 Å². The molecule has 0 radical (unpaired) electrons. The molecule has 0 N–H and O–H groups in total. The first-order valence-corrected chi connectivity index (χ1v) is 7.35. The molecule has 2 rings (SSSR count). The van der Waals surface area contributed by atoms with Crippen LogP contribution in [0.3, 0.4) is 0 Å². The van der Waals surface area contributed by atoms with Crippen LogP contribution in [0.2, 0.25) is 0 Å². The minimum absolute atomic E-state index is 0.0177. The van der Waals surface area contributed by atoms with E-state index < -0.39 is 9.05 Å². The van der Waals surface area contributed by atoms with Gasteiger partial charge in [0.15, 0.2) is 5.58 Å². The second kappa shape index (κ2) is 3.71. The molecule has 6 heteroatoms. The van der Waals surface area contributed by atoms with Gasteiger partial charge in [-0.15, -0.1) is 0 Å². The Labute approximate surface area is 104 Å². The summed E-state index contributed by atoms with van der Waals surface area (Å²) in [5.74, 6) is 0.486. The van der Waals surface area contributed by atoms with Crippen LogP contribution in [0.4, 0.5) is 0 Å². The first-order chi connectivity index (χ1) is 7.69. The van der Waals surface area contributed by atoms with Gasteiger partial charge in [-0.1, -0.05) is 26.8 Å². The Morgan fingerprint density at radius 3 is 2.47 bits per heavy atom. The molecule has 4 nitrogen and oxygen atoms in total. The van der Waals surface area contributed by atoms with Crippen molar-refractivity contribution in [2.75, 3.05) is 0 Å². The molecule has 0 spiro atoms. The van der Waals surface area contributed by atoms with E-state index in [-0.39, 0.29) is 15.8 Å². The van der Waals surface area contributed by atoms with Gasteiger partial charge in [-0.05, 0) is 12.1 Å². The lowest BCUT2D eigenvalue weighted by Crippen LogP contribution is -2.11. The monoisotopic (exact) mass is 273 g/mol. The summed E-state index contributed by atoms with van der Waals surface area (Å²) in [6, 6.07) is 4.66. The second-order valence-electron chi connectivity index (χ2n) is 4.81. The molecule has 0 atom stereocenters. The van der Waals surface area contributed by atoms with Gasteiger partial charge >= 0.3 is 0 Å². The van der Waals surface area contributed by atoms with Gasteiger partial charge in [0.25, 0.3) is 9.05 Å². The molecule has 0 unspecified atom stereocenters. The molecule has 1 aromatic heterocycles. The van der Waals surface area contributed by atoms with Crippen molar-refractivity contribution in [3.8, 4) is 0 Å². The zero-order valence-corrected chi connectivity index (χ0v) is 11.3. The molecule has 0 aliphatic heterocycles. The SMILES string of the molecule is CC(C)(C)c1nc2c(S(=O)(=O)Cl)cccc2o1. The van der Waals surface area contributed by atoms with Gasteiger partial charge in [0, 0.05) is 16.1 Å². The van der Waals surface area contributed by atoms with Gasteiger partial charge in [-0.25, -0.2) is 13.4 Å². The third kappa shape index (κ3) is 2.30. The zero-order chi connectivity index (χ0) is 12.8. The number of hydrogen-bond donors (Lipinski definition) is 0. The highest BCUT2D eigenvalue weighted by atomic mass is 35.7. The van der Waals surface area contributed by atoms with Crippen LogP contribution in [0, 0.1) is 0 Å². The predicted octanol–water partition coefficient (Wildman–Crippen LogP) is 3.05. The number of fused-ring (bicyclic) bond motifs is 1. The Hall–Kier alpha value is -1.07. The molecule has 0 aliphatic carbocycles. The molecule has 1 heterocycles. The van der Waals surface area contributed by atoms with Gasteiger partial charge in [0.2, 0.25) is 5.89 Å². The zero-order valence-electron chi connectivity index (χ0n) is 9.69. The van der Waals surface area contributed by atoms with Crippen molar-refractivity contribution < 1.29 is 12.8 Å². The normalized spacial score (nSPS) is 13.2. The highest BCUT2D eigenvalue weighted by Crippen LogP contribution is 2.30. The maximum absolute atomic E-state index is 11.4. The highest BCUT2D eigenvalue weighted by Gasteiger charge is 2.24. The summed E-state index contributed by atoms with van der Waals surface area (Å²) in [5.41, 5.74) is 0.427. The molecule has 2 aromatic rings. The fourth-order valence-electron chi connectivity index (χ4n) is 1.44. The summed E-state index contributed by atoms with van der Waals surface area (Å²) in [6.45, 7) is 5.81. The molecular weight excluding hydrogens is 262 g/mol. The minimum atomic E-state index is -3.81. The van der Waals surface area contributed by atoms with Crippen LogP contribution in [0.15, 0.2) is 27.5 Å². The fourth-order valence-corrected chi connectivity index (χ4v) is 2.43. The highest BCUT2D eigenvalue weighted by molar-refractivity contribution is 8.14. The number of halogens is 1.